The molecule has 1 aromatic rings. The summed E-state index contributed by atoms with van der Waals surface area (Å²) in [5.74, 6) is 0. The Bertz CT molecular complexity index is 328. The molecule has 0 aliphatic carbocycles. The summed E-state index contributed by atoms with van der Waals surface area (Å²) in [6.45, 7) is 3.68. The third-order valence-electron chi connectivity index (χ3n) is 2.20. The summed E-state index contributed by atoms with van der Waals surface area (Å²) in [4.78, 5) is 1.01. The second kappa shape index (κ2) is 5.75. The monoisotopic (exact) mass is 246 g/mol. The lowest BCUT2D eigenvalue weighted by molar-refractivity contribution is 0.196. The molecule has 0 saturated carbocycles. The van der Waals surface area contributed by atoms with Crippen molar-refractivity contribution >= 4 is 23.4 Å². The molecule has 0 radical (unpaired) electrons. The lowest BCUT2D eigenvalue weighted by Gasteiger charge is -2.14. The summed E-state index contributed by atoms with van der Waals surface area (Å²) in [6.07, 6.45) is -0.355. The third-order valence-corrected chi connectivity index (χ3v) is 3.84. The van der Waals surface area contributed by atoms with Crippen molar-refractivity contribution < 1.29 is 10.2 Å². The van der Waals surface area contributed by atoms with Gasteiger partial charge in [-0.15, -0.1) is 11.8 Å². The summed E-state index contributed by atoms with van der Waals surface area (Å²) in [5.41, 5.74) is 0.728. The highest BCUT2D eigenvalue weighted by Crippen LogP contribution is 2.29. The quantitative estimate of drug-likeness (QED) is 0.803. The first kappa shape index (κ1) is 12.8. The highest BCUT2D eigenvalue weighted by atomic mass is 35.5. The Balaban J connectivity index is 2.75. The number of rotatable bonds is 4. The molecular formula is C11H15ClO2S. The number of aliphatic hydroxyl groups is 2. The van der Waals surface area contributed by atoms with Gasteiger partial charge >= 0.3 is 0 Å². The van der Waals surface area contributed by atoms with Crippen LogP contribution in [0, 0.1) is 0 Å². The Morgan fingerprint density at radius 2 is 2.07 bits per heavy atom. The SMILES string of the molecule is CC(O)C(C)Sc1ccc(CO)c(Cl)c1. The number of aliphatic hydroxyl groups excluding tert-OH is 2. The van der Waals surface area contributed by atoms with Crippen molar-refractivity contribution in [2.45, 2.75) is 36.7 Å². The fourth-order valence-electron chi connectivity index (χ4n) is 1.04. The number of benzene rings is 1. The van der Waals surface area contributed by atoms with Crippen molar-refractivity contribution in [3.05, 3.63) is 28.8 Å². The minimum absolute atomic E-state index is 0.0459. The first-order valence-corrected chi connectivity index (χ1v) is 6.04. The Labute approximate surface area is 99.3 Å². The molecule has 0 aliphatic heterocycles. The predicted octanol–water partition coefficient (Wildman–Crippen LogP) is 2.69. The largest absolute Gasteiger partial charge is 0.392 e. The average Bonchev–Trinajstić information content (AvgIpc) is 2.18. The van der Waals surface area contributed by atoms with Crippen molar-refractivity contribution in [3.8, 4) is 0 Å². The van der Waals surface area contributed by atoms with Gasteiger partial charge in [0.05, 0.1) is 12.7 Å². The molecule has 0 saturated heterocycles. The number of hydrogen-bond donors (Lipinski definition) is 2. The van der Waals surface area contributed by atoms with Crippen LogP contribution in [0.3, 0.4) is 0 Å². The molecule has 0 amide bonds. The van der Waals surface area contributed by atoms with Crippen LogP contribution < -0.4 is 0 Å². The molecule has 0 bridgehead atoms. The number of halogens is 1. The van der Waals surface area contributed by atoms with Crippen LogP contribution in [0.2, 0.25) is 5.02 Å². The average molecular weight is 247 g/mol. The van der Waals surface area contributed by atoms with Gasteiger partial charge in [-0.05, 0) is 24.6 Å². The van der Waals surface area contributed by atoms with E-state index in [2.05, 4.69) is 0 Å². The van der Waals surface area contributed by atoms with E-state index in [0.717, 1.165) is 10.5 Å². The predicted molar refractivity (Wildman–Crippen MR) is 64.4 cm³/mol. The van der Waals surface area contributed by atoms with Crippen LogP contribution in [0.15, 0.2) is 23.1 Å². The molecule has 0 aliphatic rings. The molecule has 1 aromatic carbocycles. The maximum absolute atomic E-state index is 9.36. The van der Waals surface area contributed by atoms with Crippen LogP contribution in [0.1, 0.15) is 19.4 Å². The maximum Gasteiger partial charge on any atom is 0.0696 e. The van der Waals surface area contributed by atoms with E-state index in [1.807, 2.05) is 19.1 Å². The minimum atomic E-state index is -0.355. The smallest absolute Gasteiger partial charge is 0.0696 e. The van der Waals surface area contributed by atoms with Crippen LogP contribution in [0.25, 0.3) is 0 Å². The van der Waals surface area contributed by atoms with E-state index in [4.69, 9.17) is 16.7 Å². The lowest BCUT2D eigenvalue weighted by atomic mass is 10.2. The van der Waals surface area contributed by atoms with Gasteiger partial charge in [0.1, 0.15) is 0 Å². The van der Waals surface area contributed by atoms with Crippen LogP contribution in [0.4, 0.5) is 0 Å². The third kappa shape index (κ3) is 3.68. The van der Waals surface area contributed by atoms with Crippen molar-refractivity contribution in [1.29, 1.82) is 0 Å². The molecule has 0 aromatic heterocycles. The van der Waals surface area contributed by atoms with Gasteiger partial charge in [0.25, 0.3) is 0 Å². The number of hydrogen-bond acceptors (Lipinski definition) is 3. The minimum Gasteiger partial charge on any atom is -0.392 e. The summed E-state index contributed by atoms with van der Waals surface area (Å²) in [5, 5.41) is 19.0. The highest BCUT2D eigenvalue weighted by molar-refractivity contribution is 8.00. The van der Waals surface area contributed by atoms with E-state index >= 15 is 0 Å². The van der Waals surface area contributed by atoms with Crippen molar-refractivity contribution in [1.82, 2.24) is 0 Å². The summed E-state index contributed by atoms with van der Waals surface area (Å²) < 4.78 is 0. The zero-order valence-electron chi connectivity index (χ0n) is 8.77. The summed E-state index contributed by atoms with van der Waals surface area (Å²) >= 11 is 7.53. The molecule has 2 unspecified atom stereocenters. The van der Waals surface area contributed by atoms with Crippen molar-refractivity contribution in [3.63, 3.8) is 0 Å². The van der Waals surface area contributed by atoms with Gasteiger partial charge in [-0.3, -0.25) is 0 Å². The van der Waals surface area contributed by atoms with Gasteiger partial charge in [0.15, 0.2) is 0 Å². The standard InChI is InChI=1S/C11H15ClO2S/c1-7(14)8(2)15-10-4-3-9(6-13)11(12)5-10/h3-5,7-8,13-14H,6H2,1-2H3. The van der Waals surface area contributed by atoms with E-state index in [-0.39, 0.29) is 18.0 Å². The van der Waals surface area contributed by atoms with Gasteiger partial charge in [-0.2, -0.15) is 0 Å². The van der Waals surface area contributed by atoms with Crippen LogP contribution >= 0.6 is 23.4 Å². The zero-order chi connectivity index (χ0) is 11.4. The molecule has 15 heavy (non-hydrogen) atoms. The van der Waals surface area contributed by atoms with Gasteiger partial charge < -0.3 is 10.2 Å². The second-order valence-corrected chi connectivity index (χ2v) is 5.33. The molecule has 2 N–H and O–H groups in total. The van der Waals surface area contributed by atoms with Gasteiger partial charge in [0.2, 0.25) is 0 Å². The molecule has 84 valence electrons. The van der Waals surface area contributed by atoms with E-state index in [0.29, 0.717) is 5.02 Å². The first-order valence-electron chi connectivity index (χ1n) is 4.78. The van der Waals surface area contributed by atoms with Crippen molar-refractivity contribution in [2.75, 3.05) is 0 Å². The molecule has 2 atom stereocenters. The van der Waals surface area contributed by atoms with E-state index in [9.17, 15) is 5.11 Å². The fraction of sp³-hybridized carbons (Fsp3) is 0.455. The van der Waals surface area contributed by atoms with E-state index in [1.54, 1.807) is 24.8 Å². The van der Waals surface area contributed by atoms with Crippen LogP contribution in [-0.4, -0.2) is 21.6 Å². The maximum atomic E-state index is 9.36. The molecular weight excluding hydrogens is 232 g/mol. The van der Waals surface area contributed by atoms with Crippen LogP contribution in [-0.2, 0) is 6.61 Å². The van der Waals surface area contributed by atoms with Crippen molar-refractivity contribution in [2.24, 2.45) is 0 Å². The fourth-order valence-corrected chi connectivity index (χ4v) is 2.31. The van der Waals surface area contributed by atoms with E-state index < -0.39 is 0 Å². The molecule has 0 heterocycles. The first-order chi connectivity index (χ1) is 7.04. The zero-order valence-corrected chi connectivity index (χ0v) is 10.3. The van der Waals surface area contributed by atoms with Gasteiger partial charge in [-0.1, -0.05) is 24.6 Å². The molecule has 0 spiro atoms. The molecule has 2 nitrogen and oxygen atoms in total. The molecule has 4 heteroatoms. The number of thioether (sulfide) groups is 1. The normalized spacial score (nSPS) is 15.0. The second-order valence-electron chi connectivity index (χ2n) is 3.47. The summed E-state index contributed by atoms with van der Waals surface area (Å²) in [6, 6.07) is 5.52. The topological polar surface area (TPSA) is 40.5 Å². The molecule has 0 fully saturated rings. The van der Waals surface area contributed by atoms with Gasteiger partial charge in [-0.25, -0.2) is 0 Å². The summed E-state index contributed by atoms with van der Waals surface area (Å²) in [7, 11) is 0. The Morgan fingerprint density at radius 1 is 1.40 bits per heavy atom. The Kier molecular flexibility index (Phi) is 4.93. The van der Waals surface area contributed by atoms with Crippen LogP contribution in [0.5, 0.6) is 0 Å². The Hall–Kier alpha value is -0.220. The Morgan fingerprint density at radius 3 is 2.53 bits per heavy atom. The van der Waals surface area contributed by atoms with Gasteiger partial charge in [0, 0.05) is 15.2 Å². The molecule has 1 rings (SSSR count). The van der Waals surface area contributed by atoms with E-state index in [1.165, 1.54) is 0 Å². The lowest BCUT2D eigenvalue weighted by Crippen LogP contribution is -2.14. The highest BCUT2D eigenvalue weighted by Gasteiger charge is 2.11.